The molecule has 0 aliphatic heterocycles. The van der Waals surface area contributed by atoms with Crippen LogP contribution < -0.4 is 5.32 Å². The predicted octanol–water partition coefficient (Wildman–Crippen LogP) is 6.07. The minimum atomic E-state index is -0.473. The molecule has 0 saturated carbocycles. The van der Waals surface area contributed by atoms with Crippen LogP contribution in [0.2, 0.25) is 5.02 Å². The Morgan fingerprint density at radius 2 is 1.94 bits per heavy atom. The van der Waals surface area contributed by atoms with Crippen molar-refractivity contribution >= 4 is 45.5 Å². The molecule has 164 valence electrons. The van der Waals surface area contributed by atoms with Gasteiger partial charge in [0.2, 0.25) is 0 Å². The maximum Gasteiger partial charge on any atom is 0.341 e. The third-order valence-electron chi connectivity index (χ3n) is 5.29. The molecule has 0 unspecified atom stereocenters. The maximum absolute atomic E-state index is 13.2. The van der Waals surface area contributed by atoms with E-state index in [1.165, 1.54) is 16.9 Å². The van der Waals surface area contributed by atoms with Gasteiger partial charge in [-0.3, -0.25) is 9.20 Å². The van der Waals surface area contributed by atoms with Crippen LogP contribution in [0.25, 0.3) is 16.8 Å². The zero-order chi connectivity index (χ0) is 23.0. The third kappa shape index (κ3) is 4.01. The Hall–Kier alpha value is -3.16. The number of esters is 1. The molecule has 0 bridgehead atoms. The van der Waals surface area contributed by atoms with Crippen LogP contribution in [-0.4, -0.2) is 27.9 Å². The lowest BCUT2D eigenvalue weighted by atomic mass is 9.99. The highest BCUT2D eigenvalue weighted by atomic mass is 35.5. The number of carbonyl (C=O) groups excluding carboxylic acids is 2. The Balaban J connectivity index is 1.76. The molecule has 0 radical (unpaired) electrons. The molecule has 8 heteroatoms. The largest absolute Gasteiger partial charge is 0.462 e. The molecule has 1 amide bonds. The second-order valence-corrected chi connectivity index (χ2v) is 8.76. The number of amides is 1. The van der Waals surface area contributed by atoms with Crippen LogP contribution in [0.1, 0.15) is 44.6 Å². The van der Waals surface area contributed by atoms with Crippen LogP contribution >= 0.6 is 22.9 Å². The molecular weight excluding hydrogens is 446 g/mol. The van der Waals surface area contributed by atoms with Crippen molar-refractivity contribution in [1.29, 1.82) is 0 Å². The molecule has 1 aromatic carbocycles. The smallest absolute Gasteiger partial charge is 0.341 e. The van der Waals surface area contributed by atoms with Crippen LogP contribution in [0.15, 0.2) is 41.9 Å². The SMILES string of the molecule is CCOC(=O)c1c(-c2ccc(C)c(C)c2)csc1NC(=O)c1c(C)nc2cc(Cl)ccn12. The van der Waals surface area contributed by atoms with Gasteiger partial charge in [0, 0.05) is 28.2 Å². The Kier molecular flexibility index (Phi) is 6.04. The molecule has 6 nitrogen and oxygen atoms in total. The number of imidazole rings is 1. The summed E-state index contributed by atoms with van der Waals surface area (Å²) in [4.78, 5) is 30.5. The highest BCUT2D eigenvalue weighted by molar-refractivity contribution is 7.15. The van der Waals surface area contributed by atoms with E-state index in [9.17, 15) is 9.59 Å². The van der Waals surface area contributed by atoms with Crippen molar-refractivity contribution in [2.24, 2.45) is 0 Å². The van der Waals surface area contributed by atoms with Crippen LogP contribution in [0.5, 0.6) is 0 Å². The highest BCUT2D eigenvalue weighted by Crippen LogP contribution is 2.37. The van der Waals surface area contributed by atoms with Crippen LogP contribution in [-0.2, 0) is 4.74 Å². The number of nitrogens with zero attached hydrogens (tertiary/aromatic N) is 2. The molecule has 1 N–H and O–H groups in total. The average molecular weight is 468 g/mol. The summed E-state index contributed by atoms with van der Waals surface area (Å²) < 4.78 is 6.99. The Morgan fingerprint density at radius 1 is 1.16 bits per heavy atom. The summed E-state index contributed by atoms with van der Waals surface area (Å²) in [6.45, 7) is 7.82. The molecule has 32 heavy (non-hydrogen) atoms. The first kappa shape index (κ1) is 22.0. The van der Waals surface area contributed by atoms with Crippen LogP contribution in [0.4, 0.5) is 5.00 Å². The van der Waals surface area contributed by atoms with Gasteiger partial charge in [0.1, 0.15) is 21.9 Å². The van der Waals surface area contributed by atoms with Gasteiger partial charge in [0.15, 0.2) is 0 Å². The molecule has 0 aliphatic rings. The Bertz CT molecular complexity index is 1360. The zero-order valence-electron chi connectivity index (χ0n) is 18.2. The van der Waals surface area contributed by atoms with Gasteiger partial charge < -0.3 is 10.1 Å². The predicted molar refractivity (Wildman–Crippen MR) is 128 cm³/mol. The molecule has 0 fully saturated rings. The number of carbonyl (C=O) groups is 2. The quantitative estimate of drug-likeness (QED) is 0.361. The zero-order valence-corrected chi connectivity index (χ0v) is 19.7. The number of thiophene rings is 1. The second kappa shape index (κ2) is 8.76. The fraction of sp³-hybridized carbons (Fsp3) is 0.208. The molecule has 4 aromatic rings. The molecule has 4 rings (SSSR count). The fourth-order valence-electron chi connectivity index (χ4n) is 3.55. The van der Waals surface area contributed by atoms with Gasteiger partial charge in [0.05, 0.1) is 12.3 Å². The van der Waals surface area contributed by atoms with E-state index >= 15 is 0 Å². The second-order valence-electron chi connectivity index (χ2n) is 7.45. The number of nitrogens with one attached hydrogen (secondary N) is 1. The highest BCUT2D eigenvalue weighted by Gasteiger charge is 2.25. The average Bonchev–Trinajstić information content (AvgIpc) is 3.30. The first-order valence-corrected chi connectivity index (χ1v) is 11.4. The summed E-state index contributed by atoms with van der Waals surface area (Å²) in [5.41, 5.74) is 5.78. The first-order valence-electron chi connectivity index (χ1n) is 10.1. The van der Waals surface area contributed by atoms with E-state index in [2.05, 4.69) is 10.3 Å². The van der Waals surface area contributed by atoms with Crippen molar-refractivity contribution in [3.05, 3.63) is 75.0 Å². The van der Waals surface area contributed by atoms with Crippen molar-refractivity contribution in [2.45, 2.75) is 27.7 Å². The van der Waals surface area contributed by atoms with E-state index < -0.39 is 5.97 Å². The summed E-state index contributed by atoms with van der Waals surface area (Å²) in [6, 6.07) is 9.40. The molecule has 0 spiro atoms. The van der Waals surface area contributed by atoms with E-state index in [0.717, 1.165) is 16.7 Å². The maximum atomic E-state index is 13.2. The number of rotatable bonds is 5. The Morgan fingerprint density at radius 3 is 2.66 bits per heavy atom. The number of halogens is 1. The number of anilines is 1. The molecule has 0 aliphatic carbocycles. The van der Waals surface area contributed by atoms with Crippen molar-refractivity contribution in [3.8, 4) is 11.1 Å². The van der Waals surface area contributed by atoms with Gasteiger partial charge in [-0.15, -0.1) is 11.3 Å². The van der Waals surface area contributed by atoms with Crippen molar-refractivity contribution in [1.82, 2.24) is 9.38 Å². The number of hydrogen-bond donors (Lipinski definition) is 1. The molecule has 0 saturated heterocycles. The number of aryl methyl sites for hydroxylation is 3. The lowest BCUT2D eigenvalue weighted by Crippen LogP contribution is -2.17. The molecule has 0 atom stereocenters. The molecule has 3 aromatic heterocycles. The van der Waals surface area contributed by atoms with E-state index in [1.54, 1.807) is 36.6 Å². The number of ether oxygens (including phenoxy) is 1. The van der Waals surface area contributed by atoms with E-state index in [1.807, 2.05) is 37.4 Å². The summed E-state index contributed by atoms with van der Waals surface area (Å²) in [7, 11) is 0. The minimum absolute atomic E-state index is 0.238. The van der Waals surface area contributed by atoms with Crippen molar-refractivity contribution < 1.29 is 14.3 Å². The number of aromatic nitrogens is 2. The van der Waals surface area contributed by atoms with E-state index in [4.69, 9.17) is 16.3 Å². The number of pyridine rings is 1. The minimum Gasteiger partial charge on any atom is -0.462 e. The molecule has 3 heterocycles. The van der Waals surface area contributed by atoms with Crippen LogP contribution in [0, 0.1) is 20.8 Å². The van der Waals surface area contributed by atoms with Gasteiger partial charge >= 0.3 is 5.97 Å². The van der Waals surface area contributed by atoms with Gasteiger partial charge in [-0.2, -0.15) is 0 Å². The monoisotopic (exact) mass is 467 g/mol. The lowest BCUT2D eigenvalue weighted by molar-refractivity contribution is 0.0529. The first-order chi connectivity index (χ1) is 15.3. The van der Waals surface area contributed by atoms with Gasteiger partial charge in [-0.1, -0.05) is 29.8 Å². The number of hydrogen-bond acceptors (Lipinski definition) is 5. The summed E-state index contributed by atoms with van der Waals surface area (Å²) in [5.74, 6) is -0.838. The standard InChI is InChI=1S/C24H22ClN3O3S/c1-5-31-24(30)20-18(16-7-6-13(2)14(3)10-16)12-32-23(20)27-22(29)21-15(4)26-19-11-17(25)8-9-28(19)21/h6-12H,5H2,1-4H3,(H,27,29). The normalized spacial score (nSPS) is 11.0. The molecular formula is C24H22ClN3O3S. The van der Waals surface area contributed by atoms with Gasteiger partial charge in [0.25, 0.3) is 5.91 Å². The number of fused-ring (bicyclic) bond motifs is 1. The topological polar surface area (TPSA) is 72.7 Å². The van der Waals surface area contributed by atoms with Gasteiger partial charge in [-0.05, 0) is 50.5 Å². The summed E-state index contributed by atoms with van der Waals surface area (Å²) in [5, 5.41) is 5.74. The van der Waals surface area contributed by atoms with Crippen molar-refractivity contribution in [2.75, 3.05) is 11.9 Å². The summed E-state index contributed by atoms with van der Waals surface area (Å²) >= 11 is 7.34. The van der Waals surface area contributed by atoms with Gasteiger partial charge in [-0.25, -0.2) is 9.78 Å². The van der Waals surface area contributed by atoms with Crippen LogP contribution in [0.3, 0.4) is 0 Å². The van der Waals surface area contributed by atoms with E-state index in [-0.39, 0.29) is 12.5 Å². The summed E-state index contributed by atoms with van der Waals surface area (Å²) in [6.07, 6.45) is 1.70. The van der Waals surface area contributed by atoms with E-state index in [0.29, 0.717) is 32.6 Å². The van der Waals surface area contributed by atoms with Crippen molar-refractivity contribution in [3.63, 3.8) is 0 Å². The third-order valence-corrected chi connectivity index (χ3v) is 6.42. The number of benzene rings is 1. The fourth-order valence-corrected chi connectivity index (χ4v) is 4.66. The Labute approximate surface area is 194 Å². The lowest BCUT2D eigenvalue weighted by Gasteiger charge is -2.10.